The van der Waals surface area contributed by atoms with E-state index in [1.807, 2.05) is 32.0 Å². The number of halogens is 2. The fourth-order valence-corrected chi connectivity index (χ4v) is 5.42. The molecule has 4 rings (SSSR count). The molecule has 1 unspecified atom stereocenters. The van der Waals surface area contributed by atoms with Gasteiger partial charge in [-0.2, -0.15) is 5.26 Å². The van der Waals surface area contributed by atoms with Gasteiger partial charge in [0.1, 0.15) is 22.4 Å². The molecule has 1 atom stereocenters. The zero-order valence-electron chi connectivity index (χ0n) is 20.1. The Morgan fingerprint density at radius 2 is 1.78 bits per heavy atom. The van der Waals surface area contributed by atoms with Crippen LogP contribution in [0.3, 0.4) is 0 Å². The van der Waals surface area contributed by atoms with Gasteiger partial charge in [-0.25, -0.2) is 0 Å². The minimum atomic E-state index is -0.590. The van der Waals surface area contributed by atoms with Gasteiger partial charge in [-0.15, -0.1) is 0 Å². The first-order valence-corrected chi connectivity index (χ1v) is 13.1. The van der Waals surface area contributed by atoms with Crippen LogP contribution in [-0.2, 0) is 16.0 Å². The summed E-state index contributed by atoms with van der Waals surface area (Å²) in [6.07, 6.45) is 0.343. The lowest BCUT2D eigenvalue weighted by molar-refractivity contribution is -0.117. The molecule has 3 aromatic rings. The van der Waals surface area contributed by atoms with Crippen LogP contribution in [0.5, 0.6) is 5.75 Å². The van der Waals surface area contributed by atoms with E-state index < -0.39 is 11.2 Å². The van der Waals surface area contributed by atoms with Crippen molar-refractivity contribution in [2.75, 3.05) is 16.8 Å². The van der Waals surface area contributed by atoms with Gasteiger partial charge in [0, 0.05) is 11.4 Å². The number of rotatable bonds is 7. The lowest BCUT2D eigenvalue weighted by Gasteiger charge is -2.19. The number of nitriles is 1. The third-order valence-corrected chi connectivity index (χ3v) is 7.63. The molecule has 9 heteroatoms. The summed E-state index contributed by atoms with van der Waals surface area (Å²) >= 11 is 13.4. The van der Waals surface area contributed by atoms with Crippen molar-refractivity contribution in [2.24, 2.45) is 0 Å². The molecule has 3 aromatic carbocycles. The third-order valence-electron chi connectivity index (χ3n) is 5.63. The summed E-state index contributed by atoms with van der Waals surface area (Å²) < 4.78 is 5.52. The Balaban J connectivity index is 1.71. The van der Waals surface area contributed by atoms with Gasteiger partial charge in [0.05, 0.1) is 21.9 Å². The smallest absolute Gasteiger partial charge is 0.269 e. The lowest BCUT2D eigenvalue weighted by Crippen LogP contribution is -2.30. The molecule has 0 radical (unpaired) electrons. The molecule has 0 saturated carbocycles. The SMILES string of the molecule is CCOc1ccc(N2C(=O)C(Cc3ccc(Cl)c(Cl)c3)S/C2=C(/C#N)C(=O)Nc2ccc(C)cc2)cc1. The molecule has 1 saturated heterocycles. The molecule has 0 aliphatic carbocycles. The third kappa shape index (κ3) is 6.11. The standard InChI is InChI=1S/C28H23Cl2N3O3S/c1-3-36-21-11-9-20(10-12-21)33-27(35)25(15-18-6-13-23(29)24(30)14-18)37-28(33)22(16-31)26(34)32-19-7-4-17(2)5-8-19/h4-14,25H,3,15H2,1-2H3,(H,32,34)/b28-22-. The molecule has 1 fully saturated rings. The first-order valence-electron chi connectivity index (χ1n) is 11.5. The fourth-order valence-electron chi connectivity index (χ4n) is 3.79. The Morgan fingerprint density at radius 1 is 1.08 bits per heavy atom. The minimum absolute atomic E-state index is 0.149. The molecule has 1 N–H and O–H groups in total. The van der Waals surface area contributed by atoms with E-state index in [2.05, 4.69) is 5.32 Å². The average Bonchev–Trinajstić information content (AvgIpc) is 3.19. The number of nitrogens with zero attached hydrogens (tertiary/aromatic N) is 2. The monoisotopic (exact) mass is 551 g/mol. The van der Waals surface area contributed by atoms with Crippen molar-refractivity contribution in [3.63, 3.8) is 0 Å². The highest BCUT2D eigenvalue weighted by molar-refractivity contribution is 8.05. The van der Waals surface area contributed by atoms with Crippen molar-refractivity contribution in [1.82, 2.24) is 0 Å². The predicted molar refractivity (Wildman–Crippen MR) is 149 cm³/mol. The molecule has 1 aliphatic rings. The molecule has 0 spiro atoms. The van der Waals surface area contributed by atoms with E-state index in [0.29, 0.717) is 40.2 Å². The highest BCUT2D eigenvalue weighted by Gasteiger charge is 2.41. The van der Waals surface area contributed by atoms with E-state index in [-0.39, 0.29) is 16.5 Å². The highest BCUT2D eigenvalue weighted by atomic mass is 35.5. The van der Waals surface area contributed by atoms with Crippen LogP contribution in [-0.4, -0.2) is 23.7 Å². The number of hydrogen-bond acceptors (Lipinski definition) is 5. The molecule has 0 bridgehead atoms. The van der Waals surface area contributed by atoms with E-state index in [4.69, 9.17) is 27.9 Å². The van der Waals surface area contributed by atoms with Gasteiger partial charge in [-0.3, -0.25) is 14.5 Å². The maximum atomic E-state index is 13.7. The summed E-state index contributed by atoms with van der Waals surface area (Å²) in [6.45, 7) is 4.33. The summed E-state index contributed by atoms with van der Waals surface area (Å²) in [5, 5.41) is 13.3. The van der Waals surface area contributed by atoms with Crippen molar-refractivity contribution in [1.29, 1.82) is 5.26 Å². The van der Waals surface area contributed by atoms with Crippen molar-refractivity contribution in [2.45, 2.75) is 25.5 Å². The molecule has 2 amide bonds. The van der Waals surface area contributed by atoms with Gasteiger partial charge in [-0.1, -0.05) is 58.7 Å². The predicted octanol–water partition coefficient (Wildman–Crippen LogP) is 6.77. The van der Waals surface area contributed by atoms with E-state index >= 15 is 0 Å². The topological polar surface area (TPSA) is 82.4 Å². The second-order valence-electron chi connectivity index (χ2n) is 8.27. The van der Waals surface area contributed by atoms with Crippen molar-refractivity contribution >= 4 is 58.2 Å². The second-order valence-corrected chi connectivity index (χ2v) is 10.3. The first-order chi connectivity index (χ1) is 17.8. The van der Waals surface area contributed by atoms with Gasteiger partial charge >= 0.3 is 0 Å². The van der Waals surface area contributed by atoms with Crippen LogP contribution in [0.15, 0.2) is 77.3 Å². The number of carbonyl (C=O) groups is 2. The van der Waals surface area contributed by atoms with Crippen LogP contribution >= 0.6 is 35.0 Å². The number of hydrogen-bond donors (Lipinski definition) is 1. The fraction of sp³-hybridized carbons (Fsp3) is 0.179. The largest absolute Gasteiger partial charge is 0.494 e. The second kappa shape index (κ2) is 11.7. The minimum Gasteiger partial charge on any atom is -0.494 e. The zero-order chi connectivity index (χ0) is 26.5. The van der Waals surface area contributed by atoms with Gasteiger partial charge < -0.3 is 10.1 Å². The number of aryl methyl sites for hydroxylation is 1. The summed E-state index contributed by atoms with van der Waals surface area (Å²) in [7, 11) is 0. The average molecular weight is 552 g/mol. The Labute approximate surface area is 229 Å². The van der Waals surface area contributed by atoms with E-state index in [1.54, 1.807) is 54.6 Å². The summed E-state index contributed by atoms with van der Waals surface area (Å²) in [6, 6.07) is 21.4. The Kier molecular flexibility index (Phi) is 8.45. The molecule has 1 aliphatic heterocycles. The van der Waals surface area contributed by atoms with Crippen molar-refractivity contribution in [3.05, 3.63) is 98.5 Å². The molecule has 1 heterocycles. The Bertz CT molecular complexity index is 1400. The van der Waals surface area contributed by atoms with E-state index in [9.17, 15) is 14.9 Å². The molecular weight excluding hydrogens is 529 g/mol. The number of amides is 2. The van der Waals surface area contributed by atoms with E-state index in [1.165, 1.54) is 16.7 Å². The van der Waals surface area contributed by atoms with E-state index in [0.717, 1.165) is 11.1 Å². The summed E-state index contributed by atoms with van der Waals surface area (Å²) in [5.74, 6) is -0.181. The van der Waals surface area contributed by atoms with Crippen LogP contribution in [0.1, 0.15) is 18.1 Å². The van der Waals surface area contributed by atoms with Crippen LogP contribution in [0.4, 0.5) is 11.4 Å². The van der Waals surface area contributed by atoms with Gasteiger partial charge in [0.25, 0.3) is 5.91 Å². The zero-order valence-corrected chi connectivity index (χ0v) is 22.5. The molecule has 188 valence electrons. The molecule has 0 aromatic heterocycles. The number of thioether (sulfide) groups is 1. The lowest BCUT2D eigenvalue weighted by atomic mass is 10.1. The number of benzene rings is 3. The van der Waals surface area contributed by atoms with Gasteiger partial charge in [0.15, 0.2) is 0 Å². The number of anilines is 2. The normalized spacial score (nSPS) is 16.4. The quantitative estimate of drug-likeness (QED) is 0.259. The Hall–Kier alpha value is -3.44. The van der Waals surface area contributed by atoms with Gasteiger partial charge in [-0.05, 0) is 74.4 Å². The van der Waals surface area contributed by atoms with Crippen molar-refractivity contribution < 1.29 is 14.3 Å². The summed E-state index contributed by atoms with van der Waals surface area (Å²) in [5.41, 5.74) is 2.79. The van der Waals surface area contributed by atoms with Crippen molar-refractivity contribution in [3.8, 4) is 11.8 Å². The molecule has 6 nitrogen and oxygen atoms in total. The Morgan fingerprint density at radius 3 is 2.41 bits per heavy atom. The maximum absolute atomic E-state index is 13.7. The number of carbonyl (C=O) groups excluding carboxylic acids is 2. The molecule has 37 heavy (non-hydrogen) atoms. The number of nitrogens with one attached hydrogen (secondary N) is 1. The molecular formula is C28H23Cl2N3O3S. The summed E-state index contributed by atoms with van der Waals surface area (Å²) in [4.78, 5) is 28.3. The maximum Gasteiger partial charge on any atom is 0.269 e. The van der Waals surface area contributed by atoms with Crippen LogP contribution in [0, 0.1) is 18.3 Å². The van der Waals surface area contributed by atoms with Crippen LogP contribution in [0.2, 0.25) is 10.0 Å². The highest BCUT2D eigenvalue weighted by Crippen LogP contribution is 2.42. The van der Waals surface area contributed by atoms with Gasteiger partial charge in [0.2, 0.25) is 5.91 Å². The number of ether oxygens (including phenoxy) is 1. The first kappa shape index (κ1) is 26.6. The van der Waals surface area contributed by atoms with Crippen LogP contribution < -0.4 is 15.0 Å². The van der Waals surface area contributed by atoms with Crippen LogP contribution in [0.25, 0.3) is 0 Å².